The molecule has 0 amide bonds. The van der Waals surface area contributed by atoms with Crippen molar-refractivity contribution in [2.45, 2.75) is 33.2 Å². The normalized spacial score (nSPS) is 12.3. The Balaban J connectivity index is 2.80. The molecule has 0 aliphatic heterocycles. The van der Waals surface area contributed by atoms with Crippen LogP contribution in [0.4, 0.5) is 0 Å². The summed E-state index contributed by atoms with van der Waals surface area (Å²) in [6.07, 6.45) is 1.95. The van der Waals surface area contributed by atoms with Gasteiger partial charge in [-0.2, -0.15) is 5.10 Å². The molecule has 2 rings (SSSR count). The van der Waals surface area contributed by atoms with Crippen molar-refractivity contribution in [2.75, 3.05) is 0 Å². The lowest BCUT2D eigenvalue weighted by Gasteiger charge is -2.20. The van der Waals surface area contributed by atoms with Crippen LogP contribution in [0.2, 0.25) is 0 Å². The number of benzene rings is 1. The third-order valence-electron chi connectivity index (χ3n) is 2.50. The standard InChI is InChI=1S/C12H15BrN2/c1-8-5-9(13)6-11-10(8)7-14-15(11)12(2,3)4/h5-7H,1-4H3. The molecule has 1 aromatic heterocycles. The van der Waals surface area contributed by atoms with Gasteiger partial charge in [0.25, 0.3) is 0 Å². The number of hydrogen-bond acceptors (Lipinski definition) is 1. The molecule has 3 heteroatoms. The molecule has 0 bridgehead atoms. The van der Waals surface area contributed by atoms with Gasteiger partial charge in [0.05, 0.1) is 17.3 Å². The molecule has 0 saturated heterocycles. The lowest BCUT2D eigenvalue weighted by Crippen LogP contribution is -2.22. The second-order valence-electron chi connectivity index (χ2n) is 4.88. The Morgan fingerprint density at radius 1 is 1.27 bits per heavy atom. The van der Waals surface area contributed by atoms with Crippen LogP contribution in [0.3, 0.4) is 0 Å². The van der Waals surface area contributed by atoms with Crippen molar-refractivity contribution in [1.29, 1.82) is 0 Å². The highest BCUT2D eigenvalue weighted by Gasteiger charge is 2.17. The molecule has 0 radical (unpaired) electrons. The van der Waals surface area contributed by atoms with Gasteiger partial charge in [0.1, 0.15) is 0 Å². The minimum atomic E-state index is 0.0228. The SMILES string of the molecule is Cc1cc(Br)cc2c1cnn2C(C)(C)C. The molecule has 0 aliphatic rings. The van der Waals surface area contributed by atoms with Crippen LogP contribution in [-0.4, -0.2) is 9.78 Å². The van der Waals surface area contributed by atoms with Crippen LogP contribution in [0.25, 0.3) is 10.9 Å². The molecule has 0 atom stereocenters. The van der Waals surface area contributed by atoms with Crippen LogP contribution in [0.15, 0.2) is 22.8 Å². The fourth-order valence-electron chi connectivity index (χ4n) is 1.79. The van der Waals surface area contributed by atoms with Gasteiger partial charge in [0.2, 0.25) is 0 Å². The van der Waals surface area contributed by atoms with Gasteiger partial charge in [0.15, 0.2) is 0 Å². The minimum absolute atomic E-state index is 0.0228. The van der Waals surface area contributed by atoms with Crippen LogP contribution in [0.1, 0.15) is 26.3 Å². The van der Waals surface area contributed by atoms with Gasteiger partial charge in [-0.05, 0) is 45.4 Å². The quantitative estimate of drug-likeness (QED) is 0.708. The highest BCUT2D eigenvalue weighted by Crippen LogP contribution is 2.27. The summed E-state index contributed by atoms with van der Waals surface area (Å²) in [5.74, 6) is 0. The smallest absolute Gasteiger partial charge is 0.0702 e. The van der Waals surface area contributed by atoms with Gasteiger partial charge in [-0.3, -0.25) is 4.68 Å². The monoisotopic (exact) mass is 266 g/mol. The molecule has 2 nitrogen and oxygen atoms in total. The average Bonchev–Trinajstić information content (AvgIpc) is 2.45. The summed E-state index contributed by atoms with van der Waals surface area (Å²) in [5.41, 5.74) is 2.47. The Morgan fingerprint density at radius 2 is 1.93 bits per heavy atom. The summed E-state index contributed by atoms with van der Waals surface area (Å²) >= 11 is 3.53. The zero-order valence-electron chi connectivity index (χ0n) is 9.50. The van der Waals surface area contributed by atoms with Crippen molar-refractivity contribution < 1.29 is 0 Å². The van der Waals surface area contributed by atoms with Gasteiger partial charge in [-0.15, -0.1) is 0 Å². The predicted octanol–water partition coefficient (Wildman–Crippen LogP) is 3.86. The number of fused-ring (bicyclic) bond motifs is 1. The van der Waals surface area contributed by atoms with Crippen molar-refractivity contribution in [3.63, 3.8) is 0 Å². The van der Waals surface area contributed by atoms with E-state index in [0.717, 1.165) is 4.47 Å². The molecule has 15 heavy (non-hydrogen) atoms. The van der Waals surface area contributed by atoms with Crippen molar-refractivity contribution in [3.8, 4) is 0 Å². The van der Waals surface area contributed by atoms with E-state index < -0.39 is 0 Å². The Morgan fingerprint density at radius 3 is 2.53 bits per heavy atom. The summed E-state index contributed by atoms with van der Waals surface area (Å²) in [6, 6.07) is 4.25. The van der Waals surface area contributed by atoms with E-state index in [1.807, 2.05) is 6.20 Å². The molecular weight excluding hydrogens is 252 g/mol. The third kappa shape index (κ3) is 1.81. The molecule has 0 spiro atoms. The van der Waals surface area contributed by atoms with Gasteiger partial charge in [-0.1, -0.05) is 15.9 Å². The van der Waals surface area contributed by atoms with E-state index in [-0.39, 0.29) is 5.54 Å². The first-order valence-corrected chi connectivity index (χ1v) is 5.83. The third-order valence-corrected chi connectivity index (χ3v) is 2.95. The largest absolute Gasteiger partial charge is 0.260 e. The second kappa shape index (κ2) is 3.34. The van der Waals surface area contributed by atoms with E-state index in [0.29, 0.717) is 0 Å². The molecule has 1 aromatic carbocycles. The molecule has 0 fully saturated rings. The van der Waals surface area contributed by atoms with Crippen molar-refractivity contribution >= 4 is 26.8 Å². The second-order valence-corrected chi connectivity index (χ2v) is 5.80. The lowest BCUT2D eigenvalue weighted by atomic mass is 10.1. The van der Waals surface area contributed by atoms with Crippen molar-refractivity contribution in [2.24, 2.45) is 0 Å². The summed E-state index contributed by atoms with van der Waals surface area (Å²) in [4.78, 5) is 0. The fourth-order valence-corrected chi connectivity index (χ4v) is 2.35. The van der Waals surface area contributed by atoms with E-state index in [1.165, 1.54) is 16.5 Å². The average molecular weight is 267 g/mol. The maximum Gasteiger partial charge on any atom is 0.0702 e. The number of aryl methyl sites for hydroxylation is 1. The van der Waals surface area contributed by atoms with E-state index in [2.05, 4.69) is 65.5 Å². The van der Waals surface area contributed by atoms with Crippen LogP contribution in [0, 0.1) is 6.92 Å². The highest BCUT2D eigenvalue weighted by atomic mass is 79.9. The summed E-state index contributed by atoms with van der Waals surface area (Å²) in [5, 5.41) is 5.69. The highest BCUT2D eigenvalue weighted by molar-refractivity contribution is 9.10. The van der Waals surface area contributed by atoms with Crippen LogP contribution < -0.4 is 0 Å². The molecule has 2 aromatic rings. The Bertz CT molecular complexity index is 506. The van der Waals surface area contributed by atoms with Crippen LogP contribution in [0.5, 0.6) is 0 Å². The van der Waals surface area contributed by atoms with Gasteiger partial charge >= 0.3 is 0 Å². The van der Waals surface area contributed by atoms with Crippen LogP contribution >= 0.6 is 15.9 Å². The van der Waals surface area contributed by atoms with Crippen molar-refractivity contribution in [3.05, 3.63) is 28.4 Å². The molecule has 0 saturated carbocycles. The molecular formula is C12H15BrN2. The lowest BCUT2D eigenvalue weighted by molar-refractivity contribution is 0.368. The van der Waals surface area contributed by atoms with Gasteiger partial charge < -0.3 is 0 Å². The number of rotatable bonds is 0. The summed E-state index contributed by atoms with van der Waals surface area (Å²) in [6.45, 7) is 8.60. The van der Waals surface area contributed by atoms with E-state index in [1.54, 1.807) is 0 Å². The maximum atomic E-state index is 4.46. The topological polar surface area (TPSA) is 17.8 Å². The Labute approximate surface area is 98.4 Å². The fraction of sp³-hybridized carbons (Fsp3) is 0.417. The van der Waals surface area contributed by atoms with E-state index >= 15 is 0 Å². The molecule has 0 aliphatic carbocycles. The summed E-state index contributed by atoms with van der Waals surface area (Å²) in [7, 11) is 0. The number of hydrogen-bond donors (Lipinski definition) is 0. The first-order valence-electron chi connectivity index (χ1n) is 5.04. The molecule has 0 unspecified atom stereocenters. The first kappa shape index (κ1) is 10.7. The number of nitrogens with zero attached hydrogens (tertiary/aromatic N) is 2. The molecule has 1 heterocycles. The van der Waals surface area contributed by atoms with Crippen molar-refractivity contribution in [1.82, 2.24) is 9.78 Å². The van der Waals surface area contributed by atoms with E-state index in [4.69, 9.17) is 0 Å². The Hall–Kier alpha value is -0.830. The zero-order valence-corrected chi connectivity index (χ0v) is 11.1. The van der Waals surface area contributed by atoms with Crippen LogP contribution in [-0.2, 0) is 5.54 Å². The maximum absolute atomic E-state index is 4.46. The molecule has 0 N–H and O–H groups in total. The van der Waals surface area contributed by atoms with E-state index in [9.17, 15) is 0 Å². The zero-order chi connectivity index (χ0) is 11.2. The Kier molecular flexibility index (Phi) is 2.38. The predicted molar refractivity (Wildman–Crippen MR) is 67.2 cm³/mol. The van der Waals surface area contributed by atoms with Gasteiger partial charge in [-0.25, -0.2) is 0 Å². The number of aromatic nitrogens is 2. The molecule has 80 valence electrons. The summed E-state index contributed by atoms with van der Waals surface area (Å²) < 4.78 is 3.18. The first-order chi connectivity index (χ1) is 6.89. The van der Waals surface area contributed by atoms with Gasteiger partial charge in [0, 0.05) is 9.86 Å². The number of halogens is 1. The minimum Gasteiger partial charge on any atom is -0.260 e.